The minimum absolute atomic E-state index is 0.0531. The van der Waals surface area contributed by atoms with Crippen molar-refractivity contribution in [3.05, 3.63) is 63.7 Å². The zero-order valence-corrected chi connectivity index (χ0v) is 26.6. The Morgan fingerprint density at radius 3 is 2.21 bits per heavy atom. The van der Waals surface area contributed by atoms with Gasteiger partial charge in [-0.25, -0.2) is 4.79 Å². The molecule has 0 aliphatic rings. The van der Waals surface area contributed by atoms with Gasteiger partial charge in [-0.15, -0.1) is 0 Å². The molecule has 0 bridgehead atoms. The van der Waals surface area contributed by atoms with Gasteiger partial charge in [0.2, 0.25) is 11.8 Å². The molecule has 2 atom stereocenters. The SMILES string of the molecule is CCCCCN(C(=O)C(CCC(N)=O)NC(=O)OC(C)(C)C)C(C(=O)Nc1c(C)cccc1Cl)c1cc(C)cc(C)c1. The summed E-state index contributed by atoms with van der Waals surface area (Å²) in [6.45, 7) is 13.1. The molecule has 2 unspecified atom stereocenters. The van der Waals surface area contributed by atoms with E-state index in [1.54, 1.807) is 32.9 Å². The van der Waals surface area contributed by atoms with E-state index in [9.17, 15) is 19.2 Å². The van der Waals surface area contributed by atoms with Crippen LogP contribution in [-0.4, -0.2) is 46.9 Å². The number of alkyl carbamates (subject to hydrolysis) is 1. The van der Waals surface area contributed by atoms with Gasteiger partial charge in [0, 0.05) is 13.0 Å². The second-order valence-electron chi connectivity index (χ2n) is 11.7. The maximum Gasteiger partial charge on any atom is 0.408 e. The van der Waals surface area contributed by atoms with Gasteiger partial charge in [-0.2, -0.15) is 0 Å². The molecule has 0 fully saturated rings. The van der Waals surface area contributed by atoms with Crippen molar-refractivity contribution >= 4 is 41.1 Å². The highest BCUT2D eigenvalue weighted by molar-refractivity contribution is 6.34. The van der Waals surface area contributed by atoms with Crippen LogP contribution < -0.4 is 16.4 Å². The van der Waals surface area contributed by atoms with E-state index in [4.69, 9.17) is 22.1 Å². The highest BCUT2D eigenvalue weighted by atomic mass is 35.5. The Morgan fingerprint density at radius 1 is 1.02 bits per heavy atom. The quantitative estimate of drug-likeness (QED) is 0.238. The number of benzene rings is 2. The van der Waals surface area contributed by atoms with Crippen molar-refractivity contribution in [3.8, 4) is 0 Å². The van der Waals surface area contributed by atoms with E-state index in [1.165, 1.54) is 4.90 Å². The number of aryl methyl sites for hydroxylation is 3. The third-order valence-corrected chi connectivity index (χ3v) is 6.86. The standard InChI is InChI=1S/C32H45ClN4O5/c1-8-9-10-16-37(30(40)25(14-15-26(34)38)35-31(41)42-32(5,6)7)28(23-18-20(2)17-21(3)19-23)29(39)36-27-22(4)12-11-13-24(27)33/h11-13,17-19,25,28H,8-10,14-16H2,1-7H3,(H2,34,38)(H,35,41)(H,36,39). The summed E-state index contributed by atoms with van der Waals surface area (Å²) in [6.07, 6.45) is 1.33. The largest absolute Gasteiger partial charge is 0.444 e. The maximum atomic E-state index is 14.3. The highest BCUT2D eigenvalue weighted by Gasteiger charge is 2.36. The first-order chi connectivity index (χ1) is 19.6. The molecule has 0 aliphatic carbocycles. The van der Waals surface area contributed by atoms with Gasteiger partial charge in [0.1, 0.15) is 17.7 Å². The lowest BCUT2D eigenvalue weighted by molar-refractivity contribution is -0.141. The van der Waals surface area contributed by atoms with E-state index in [-0.39, 0.29) is 19.4 Å². The summed E-state index contributed by atoms with van der Waals surface area (Å²) >= 11 is 6.45. The van der Waals surface area contributed by atoms with E-state index >= 15 is 0 Å². The van der Waals surface area contributed by atoms with Crippen molar-refractivity contribution in [2.24, 2.45) is 5.73 Å². The molecule has 0 saturated carbocycles. The molecule has 230 valence electrons. The van der Waals surface area contributed by atoms with Crippen LogP contribution in [0.4, 0.5) is 10.5 Å². The molecule has 9 nitrogen and oxygen atoms in total. The number of unbranched alkanes of at least 4 members (excludes halogenated alkanes) is 2. The van der Waals surface area contributed by atoms with Crippen molar-refractivity contribution in [2.45, 2.75) is 98.3 Å². The van der Waals surface area contributed by atoms with Crippen LogP contribution in [0.5, 0.6) is 0 Å². The summed E-state index contributed by atoms with van der Waals surface area (Å²) in [4.78, 5) is 54.4. The number of nitrogens with two attached hydrogens (primary N) is 1. The van der Waals surface area contributed by atoms with Crippen molar-refractivity contribution in [2.75, 3.05) is 11.9 Å². The average molecular weight is 601 g/mol. The first kappa shape index (κ1) is 34.6. The van der Waals surface area contributed by atoms with Gasteiger partial charge in [-0.1, -0.05) is 72.8 Å². The van der Waals surface area contributed by atoms with Crippen LogP contribution in [0.1, 0.15) is 88.1 Å². The van der Waals surface area contributed by atoms with Gasteiger partial charge in [0.25, 0.3) is 5.91 Å². The maximum absolute atomic E-state index is 14.3. The molecule has 10 heteroatoms. The number of para-hydroxylation sites is 1. The number of nitrogens with one attached hydrogen (secondary N) is 2. The third-order valence-electron chi connectivity index (χ3n) is 6.54. The minimum atomic E-state index is -1.16. The van der Waals surface area contributed by atoms with E-state index in [0.29, 0.717) is 22.7 Å². The lowest BCUT2D eigenvalue weighted by Gasteiger charge is -2.35. The lowest BCUT2D eigenvalue weighted by atomic mass is 9.97. The monoisotopic (exact) mass is 600 g/mol. The van der Waals surface area contributed by atoms with Crippen LogP contribution in [0.15, 0.2) is 36.4 Å². The Balaban J connectivity index is 2.64. The lowest BCUT2D eigenvalue weighted by Crippen LogP contribution is -2.53. The Morgan fingerprint density at radius 2 is 1.67 bits per heavy atom. The van der Waals surface area contributed by atoms with E-state index in [0.717, 1.165) is 29.5 Å². The number of primary amides is 1. The summed E-state index contributed by atoms with van der Waals surface area (Å²) in [5.41, 5.74) is 8.29. The third kappa shape index (κ3) is 10.7. The molecule has 0 heterocycles. The van der Waals surface area contributed by atoms with E-state index in [2.05, 4.69) is 10.6 Å². The fourth-order valence-electron chi connectivity index (χ4n) is 4.72. The van der Waals surface area contributed by atoms with Crippen molar-refractivity contribution < 1.29 is 23.9 Å². The van der Waals surface area contributed by atoms with Gasteiger partial charge in [0.15, 0.2) is 0 Å². The number of hydrogen-bond acceptors (Lipinski definition) is 5. The summed E-state index contributed by atoms with van der Waals surface area (Å²) in [5, 5.41) is 5.95. The normalized spacial score (nSPS) is 12.7. The number of hydrogen-bond donors (Lipinski definition) is 3. The molecule has 2 rings (SSSR count). The molecule has 0 radical (unpaired) electrons. The number of carbonyl (C=O) groups is 4. The number of carbonyl (C=O) groups excluding carboxylic acids is 4. The Bertz CT molecular complexity index is 1230. The average Bonchev–Trinajstić information content (AvgIpc) is 2.86. The van der Waals surface area contributed by atoms with Gasteiger partial charge in [-0.05, 0) is 71.6 Å². The molecule has 4 N–H and O–H groups in total. The van der Waals surface area contributed by atoms with Crippen LogP contribution in [0, 0.1) is 20.8 Å². The van der Waals surface area contributed by atoms with Crippen LogP contribution in [0.2, 0.25) is 5.02 Å². The Labute approximate surface area is 254 Å². The van der Waals surface area contributed by atoms with Gasteiger partial charge in [0.05, 0.1) is 10.7 Å². The summed E-state index contributed by atoms with van der Waals surface area (Å²) in [7, 11) is 0. The second kappa shape index (κ2) is 15.6. The summed E-state index contributed by atoms with van der Waals surface area (Å²) in [6, 6.07) is 8.83. The second-order valence-corrected chi connectivity index (χ2v) is 12.1. The van der Waals surface area contributed by atoms with Crippen molar-refractivity contribution in [1.29, 1.82) is 0 Å². The van der Waals surface area contributed by atoms with Crippen LogP contribution in [0.25, 0.3) is 0 Å². The van der Waals surface area contributed by atoms with Crippen LogP contribution in [0.3, 0.4) is 0 Å². The fourth-order valence-corrected chi connectivity index (χ4v) is 4.98. The van der Waals surface area contributed by atoms with Crippen molar-refractivity contribution in [3.63, 3.8) is 0 Å². The number of rotatable bonds is 13. The molecule has 42 heavy (non-hydrogen) atoms. The molecule has 0 aromatic heterocycles. The van der Waals surface area contributed by atoms with Crippen LogP contribution >= 0.6 is 11.6 Å². The highest BCUT2D eigenvalue weighted by Crippen LogP contribution is 2.31. The number of ether oxygens (including phenoxy) is 1. The molecule has 0 saturated heterocycles. The van der Waals surface area contributed by atoms with Crippen LogP contribution in [-0.2, 0) is 19.1 Å². The van der Waals surface area contributed by atoms with Gasteiger partial charge in [-0.3, -0.25) is 14.4 Å². The number of nitrogens with zero attached hydrogens (tertiary/aromatic N) is 1. The predicted octanol–water partition coefficient (Wildman–Crippen LogP) is 6.12. The summed E-state index contributed by atoms with van der Waals surface area (Å²) < 4.78 is 5.40. The van der Waals surface area contributed by atoms with Gasteiger partial charge >= 0.3 is 6.09 Å². The predicted molar refractivity (Wildman–Crippen MR) is 166 cm³/mol. The molecule has 4 amide bonds. The van der Waals surface area contributed by atoms with Gasteiger partial charge < -0.3 is 26.0 Å². The molecular formula is C32H45ClN4O5. The minimum Gasteiger partial charge on any atom is -0.444 e. The molecule has 0 spiro atoms. The molecule has 2 aromatic rings. The zero-order chi connectivity index (χ0) is 31.6. The molecule has 2 aromatic carbocycles. The van der Waals surface area contributed by atoms with E-state index < -0.39 is 41.5 Å². The first-order valence-electron chi connectivity index (χ1n) is 14.4. The van der Waals surface area contributed by atoms with Crippen molar-refractivity contribution in [1.82, 2.24) is 10.2 Å². The number of halogens is 1. The smallest absolute Gasteiger partial charge is 0.408 e. The van der Waals surface area contributed by atoms with E-state index in [1.807, 2.05) is 52.0 Å². The Kier molecular flexibility index (Phi) is 12.8. The molecular weight excluding hydrogens is 556 g/mol. The number of amides is 4. The Hall–Kier alpha value is -3.59. The molecule has 0 aliphatic heterocycles. The topological polar surface area (TPSA) is 131 Å². The number of anilines is 1. The fraction of sp³-hybridized carbons (Fsp3) is 0.500. The zero-order valence-electron chi connectivity index (χ0n) is 25.8. The first-order valence-corrected chi connectivity index (χ1v) is 14.7. The summed E-state index contributed by atoms with van der Waals surface area (Å²) in [5.74, 6) is -1.59.